The van der Waals surface area contributed by atoms with Gasteiger partial charge in [-0.05, 0) is 24.0 Å². The smallest absolute Gasteiger partial charge is 0.237 e. The molecule has 0 bridgehead atoms. The number of hydrogen-bond donors (Lipinski definition) is 1. The number of benzene rings is 1. The van der Waals surface area contributed by atoms with Crippen LogP contribution < -0.4 is 10.5 Å². The lowest BCUT2D eigenvalue weighted by Crippen LogP contribution is -2.39. The molecule has 2 aromatic rings. The van der Waals surface area contributed by atoms with Crippen LogP contribution in [0.1, 0.15) is 16.8 Å². The summed E-state index contributed by atoms with van der Waals surface area (Å²) in [7, 11) is 1.60. The quantitative estimate of drug-likeness (QED) is 0.864. The molecule has 1 heterocycles. The van der Waals surface area contributed by atoms with Crippen molar-refractivity contribution in [2.24, 2.45) is 5.73 Å². The number of hydrogen-bond acceptors (Lipinski definition) is 4. The first kappa shape index (κ1) is 11.2. The van der Waals surface area contributed by atoms with Crippen LogP contribution in [0, 0.1) is 0 Å². The van der Waals surface area contributed by atoms with Crippen molar-refractivity contribution >= 4 is 0 Å². The largest absolute Gasteiger partial charge is 0.480 e. The molecular weight excluding hydrogens is 226 g/mol. The molecule has 0 spiro atoms. The van der Waals surface area contributed by atoms with Crippen LogP contribution in [0.15, 0.2) is 36.7 Å². The summed E-state index contributed by atoms with van der Waals surface area (Å²) in [6.45, 7) is 0. The summed E-state index contributed by atoms with van der Waals surface area (Å²) >= 11 is 0. The Kier molecular flexibility index (Phi) is 2.52. The highest BCUT2D eigenvalue weighted by Gasteiger charge is 2.38. The van der Waals surface area contributed by atoms with Crippen LogP contribution in [0.2, 0.25) is 0 Å². The van der Waals surface area contributed by atoms with Gasteiger partial charge in [-0.2, -0.15) is 0 Å². The van der Waals surface area contributed by atoms with Gasteiger partial charge in [-0.25, -0.2) is 4.98 Å². The first-order valence-corrected chi connectivity index (χ1v) is 5.94. The molecule has 0 atom stereocenters. The molecule has 0 fully saturated rings. The average molecular weight is 241 g/mol. The monoisotopic (exact) mass is 241 g/mol. The Bertz CT molecular complexity index is 558. The van der Waals surface area contributed by atoms with Crippen molar-refractivity contribution in [2.45, 2.75) is 18.4 Å². The van der Waals surface area contributed by atoms with Gasteiger partial charge < -0.3 is 10.5 Å². The van der Waals surface area contributed by atoms with E-state index in [4.69, 9.17) is 10.5 Å². The summed E-state index contributed by atoms with van der Waals surface area (Å²) in [5.74, 6) is 0.521. The first-order chi connectivity index (χ1) is 8.73. The predicted octanol–water partition coefficient (Wildman–Crippen LogP) is 1.44. The van der Waals surface area contributed by atoms with Crippen molar-refractivity contribution in [3.8, 4) is 5.88 Å². The molecule has 0 saturated heterocycles. The Balaban J connectivity index is 2.04. The third-order valence-corrected chi connectivity index (χ3v) is 3.46. The van der Waals surface area contributed by atoms with Gasteiger partial charge in [0.15, 0.2) is 0 Å². The van der Waals surface area contributed by atoms with Gasteiger partial charge in [0.1, 0.15) is 5.69 Å². The van der Waals surface area contributed by atoms with E-state index in [-0.39, 0.29) is 0 Å². The maximum absolute atomic E-state index is 6.52. The minimum Gasteiger partial charge on any atom is -0.480 e. The molecule has 2 N–H and O–H groups in total. The second kappa shape index (κ2) is 4.07. The lowest BCUT2D eigenvalue weighted by molar-refractivity contribution is 0.359. The van der Waals surface area contributed by atoms with Gasteiger partial charge >= 0.3 is 0 Å². The second-order valence-electron chi connectivity index (χ2n) is 4.69. The van der Waals surface area contributed by atoms with Crippen LogP contribution in [0.4, 0.5) is 0 Å². The van der Waals surface area contributed by atoms with Gasteiger partial charge in [0.2, 0.25) is 5.88 Å². The molecule has 1 aromatic heterocycles. The molecule has 0 amide bonds. The number of fused-ring (bicyclic) bond motifs is 1. The highest BCUT2D eigenvalue weighted by atomic mass is 16.5. The zero-order chi connectivity index (χ0) is 12.6. The summed E-state index contributed by atoms with van der Waals surface area (Å²) in [6.07, 6.45) is 4.83. The van der Waals surface area contributed by atoms with Crippen molar-refractivity contribution in [3.63, 3.8) is 0 Å². The van der Waals surface area contributed by atoms with E-state index in [1.807, 2.05) is 12.1 Å². The molecule has 0 saturated carbocycles. The molecule has 4 heteroatoms. The minimum absolute atomic E-state index is 0.511. The van der Waals surface area contributed by atoms with Gasteiger partial charge in [-0.15, -0.1) is 0 Å². The maximum atomic E-state index is 6.52. The van der Waals surface area contributed by atoms with Crippen molar-refractivity contribution in [3.05, 3.63) is 53.5 Å². The molecule has 0 unspecified atom stereocenters. The SMILES string of the molecule is COc1nccnc1C1(N)Cc2ccccc2C1. The van der Waals surface area contributed by atoms with Gasteiger partial charge in [0.05, 0.1) is 12.6 Å². The Morgan fingerprint density at radius 1 is 1.11 bits per heavy atom. The minimum atomic E-state index is -0.511. The fraction of sp³-hybridized carbons (Fsp3) is 0.286. The maximum Gasteiger partial charge on any atom is 0.237 e. The van der Waals surface area contributed by atoms with Gasteiger partial charge in [-0.1, -0.05) is 24.3 Å². The van der Waals surface area contributed by atoms with Crippen LogP contribution in [-0.2, 0) is 18.4 Å². The third-order valence-electron chi connectivity index (χ3n) is 3.46. The molecular formula is C14H15N3O. The van der Waals surface area contributed by atoms with E-state index in [0.717, 1.165) is 18.5 Å². The third kappa shape index (κ3) is 1.66. The normalized spacial score (nSPS) is 16.3. The number of ether oxygens (including phenoxy) is 1. The lowest BCUT2D eigenvalue weighted by atomic mass is 9.93. The Morgan fingerprint density at radius 2 is 1.72 bits per heavy atom. The van der Waals surface area contributed by atoms with Crippen LogP contribution in [0.25, 0.3) is 0 Å². The molecule has 0 radical (unpaired) electrons. The summed E-state index contributed by atoms with van der Waals surface area (Å²) in [5.41, 5.74) is 9.32. The second-order valence-corrected chi connectivity index (χ2v) is 4.69. The number of methoxy groups -OCH3 is 1. The number of nitrogens with two attached hydrogens (primary N) is 1. The van der Waals surface area contributed by atoms with Crippen molar-refractivity contribution in [1.82, 2.24) is 9.97 Å². The van der Waals surface area contributed by atoms with E-state index < -0.39 is 5.54 Å². The van der Waals surface area contributed by atoms with Gasteiger partial charge in [-0.3, -0.25) is 4.98 Å². The van der Waals surface area contributed by atoms with Crippen molar-refractivity contribution < 1.29 is 4.74 Å². The summed E-state index contributed by atoms with van der Waals surface area (Å²) in [5, 5.41) is 0. The fourth-order valence-corrected chi connectivity index (χ4v) is 2.63. The zero-order valence-electron chi connectivity index (χ0n) is 10.3. The highest BCUT2D eigenvalue weighted by Crippen LogP contribution is 2.37. The molecule has 18 heavy (non-hydrogen) atoms. The topological polar surface area (TPSA) is 61.0 Å². The first-order valence-electron chi connectivity index (χ1n) is 5.94. The van der Waals surface area contributed by atoms with E-state index in [0.29, 0.717) is 5.88 Å². The van der Waals surface area contributed by atoms with Crippen LogP contribution in [-0.4, -0.2) is 17.1 Å². The van der Waals surface area contributed by atoms with E-state index in [1.54, 1.807) is 19.5 Å². The van der Waals surface area contributed by atoms with E-state index in [1.165, 1.54) is 11.1 Å². The zero-order valence-corrected chi connectivity index (χ0v) is 10.3. The van der Waals surface area contributed by atoms with Crippen LogP contribution >= 0.6 is 0 Å². The molecule has 3 rings (SSSR count). The lowest BCUT2D eigenvalue weighted by Gasteiger charge is -2.23. The van der Waals surface area contributed by atoms with Crippen molar-refractivity contribution in [2.75, 3.05) is 7.11 Å². The van der Waals surface area contributed by atoms with Gasteiger partial charge in [0.25, 0.3) is 0 Å². The van der Waals surface area contributed by atoms with Gasteiger partial charge in [0, 0.05) is 12.4 Å². The standard InChI is InChI=1S/C14H15N3O/c1-18-13-12(16-6-7-17-13)14(15)8-10-4-2-3-5-11(10)9-14/h2-7H,8-9,15H2,1H3. The Labute approximate surface area is 106 Å². The van der Waals surface area contributed by atoms with Crippen LogP contribution in [0.5, 0.6) is 5.88 Å². The molecule has 1 aliphatic rings. The highest BCUT2D eigenvalue weighted by molar-refractivity contribution is 5.41. The average Bonchev–Trinajstić information content (AvgIpc) is 2.76. The number of aromatic nitrogens is 2. The van der Waals surface area contributed by atoms with E-state index in [2.05, 4.69) is 22.1 Å². The summed E-state index contributed by atoms with van der Waals surface area (Å²) < 4.78 is 5.27. The van der Waals surface area contributed by atoms with Crippen LogP contribution in [0.3, 0.4) is 0 Å². The van der Waals surface area contributed by atoms with Crippen molar-refractivity contribution in [1.29, 1.82) is 0 Å². The summed E-state index contributed by atoms with van der Waals surface area (Å²) in [6, 6.07) is 8.32. The van der Waals surface area contributed by atoms with E-state index >= 15 is 0 Å². The number of nitrogens with zero attached hydrogens (tertiary/aromatic N) is 2. The molecule has 1 aliphatic carbocycles. The summed E-state index contributed by atoms with van der Waals surface area (Å²) in [4.78, 5) is 8.56. The predicted molar refractivity (Wildman–Crippen MR) is 68.3 cm³/mol. The number of rotatable bonds is 2. The molecule has 1 aromatic carbocycles. The Morgan fingerprint density at radius 3 is 2.33 bits per heavy atom. The molecule has 92 valence electrons. The van der Waals surface area contributed by atoms with E-state index in [9.17, 15) is 0 Å². The molecule has 4 nitrogen and oxygen atoms in total. The Hall–Kier alpha value is -1.94. The fourth-order valence-electron chi connectivity index (χ4n) is 2.63. The molecule has 0 aliphatic heterocycles.